The average Bonchev–Trinajstić information content (AvgIpc) is 2.65. The third kappa shape index (κ3) is 8.09. The van der Waals surface area contributed by atoms with Crippen molar-refractivity contribution in [3.05, 3.63) is 53.8 Å². The monoisotopic (exact) mass is 440 g/mol. The SMILES string of the molecule is CC(C)(Oc1ccc(OCCCC#Cc2ccc(OC(F)(F)F)cc2)c(F)c1)C(=O)O. The summed E-state index contributed by atoms with van der Waals surface area (Å²) in [7, 11) is 0. The average molecular weight is 440 g/mol. The number of benzene rings is 2. The number of hydrogen-bond donors (Lipinski definition) is 1. The predicted octanol–water partition coefficient (Wildman–Crippen LogP) is 5.18. The highest BCUT2D eigenvalue weighted by molar-refractivity contribution is 5.76. The van der Waals surface area contributed by atoms with E-state index in [9.17, 15) is 22.4 Å². The molecule has 0 saturated carbocycles. The summed E-state index contributed by atoms with van der Waals surface area (Å²) in [5.41, 5.74) is -0.972. The molecule has 0 amide bonds. The second-order valence-electron chi connectivity index (χ2n) is 6.84. The van der Waals surface area contributed by atoms with Crippen LogP contribution in [0.15, 0.2) is 42.5 Å². The molecular weight excluding hydrogens is 420 g/mol. The molecule has 2 rings (SSSR count). The third-order valence-electron chi connectivity index (χ3n) is 3.82. The lowest BCUT2D eigenvalue weighted by atomic mass is 10.1. The first-order chi connectivity index (χ1) is 14.5. The molecule has 9 heteroatoms. The van der Waals surface area contributed by atoms with E-state index < -0.39 is 23.7 Å². The molecule has 2 aromatic carbocycles. The molecule has 0 aliphatic rings. The highest BCUT2D eigenvalue weighted by Crippen LogP contribution is 2.26. The summed E-state index contributed by atoms with van der Waals surface area (Å²) in [6, 6.07) is 8.98. The number of ether oxygens (including phenoxy) is 3. The van der Waals surface area contributed by atoms with Crippen LogP contribution >= 0.6 is 0 Å². The fourth-order valence-electron chi connectivity index (χ4n) is 2.25. The zero-order chi connectivity index (χ0) is 23.1. The van der Waals surface area contributed by atoms with Crippen molar-refractivity contribution in [2.45, 2.75) is 38.7 Å². The minimum Gasteiger partial charge on any atom is -0.490 e. The highest BCUT2D eigenvalue weighted by Gasteiger charge is 2.31. The van der Waals surface area contributed by atoms with Crippen molar-refractivity contribution >= 4 is 5.97 Å². The molecule has 0 aliphatic heterocycles. The molecule has 166 valence electrons. The number of alkyl halides is 3. The third-order valence-corrected chi connectivity index (χ3v) is 3.82. The van der Waals surface area contributed by atoms with Crippen molar-refractivity contribution in [3.63, 3.8) is 0 Å². The number of carbonyl (C=O) groups is 1. The van der Waals surface area contributed by atoms with Gasteiger partial charge in [-0.25, -0.2) is 9.18 Å². The van der Waals surface area contributed by atoms with Crippen LogP contribution in [0.25, 0.3) is 0 Å². The largest absolute Gasteiger partial charge is 0.573 e. The van der Waals surface area contributed by atoms with Crippen LogP contribution in [0, 0.1) is 17.7 Å². The molecule has 0 radical (unpaired) electrons. The highest BCUT2D eigenvalue weighted by atomic mass is 19.4. The number of rotatable bonds is 8. The molecule has 0 bridgehead atoms. The van der Waals surface area contributed by atoms with Crippen LogP contribution in [0.1, 0.15) is 32.3 Å². The number of carboxylic acids is 1. The Morgan fingerprint density at radius 2 is 1.68 bits per heavy atom. The van der Waals surface area contributed by atoms with Crippen LogP contribution in [0.3, 0.4) is 0 Å². The maximum atomic E-state index is 14.1. The first-order valence-electron chi connectivity index (χ1n) is 9.16. The minimum absolute atomic E-state index is 0.00584. The smallest absolute Gasteiger partial charge is 0.490 e. The molecule has 0 fully saturated rings. The molecule has 1 N–H and O–H groups in total. The van der Waals surface area contributed by atoms with Gasteiger partial charge >= 0.3 is 12.3 Å². The molecule has 0 atom stereocenters. The van der Waals surface area contributed by atoms with Crippen molar-refractivity contribution in [2.75, 3.05) is 6.61 Å². The Balaban J connectivity index is 1.79. The van der Waals surface area contributed by atoms with E-state index in [1.54, 1.807) is 0 Å². The van der Waals surface area contributed by atoms with E-state index in [0.29, 0.717) is 18.4 Å². The number of unbranched alkanes of at least 4 members (excludes halogenated alkanes) is 1. The molecular formula is C22H20F4O5. The van der Waals surface area contributed by atoms with Gasteiger partial charge in [0, 0.05) is 18.1 Å². The lowest BCUT2D eigenvalue weighted by Gasteiger charge is -2.21. The van der Waals surface area contributed by atoms with Crippen LogP contribution in [0.5, 0.6) is 17.2 Å². The van der Waals surface area contributed by atoms with Crippen LogP contribution < -0.4 is 14.2 Å². The predicted molar refractivity (Wildman–Crippen MR) is 103 cm³/mol. The van der Waals surface area contributed by atoms with Gasteiger partial charge in [-0.1, -0.05) is 11.8 Å². The molecule has 31 heavy (non-hydrogen) atoms. The Hall–Kier alpha value is -3.41. The van der Waals surface area contributed by atoms with Gasteiger partial charge in [0.05, 0.1) is 6.61 Å². The number of carboxylic acid groups (broad SMARTS) is 1. The molecule has 0 aliphatic carbocycles. The van der Waals surface area contributed by atoms with Crippen LogP contribution in [-0.2, 0) is 4.79 Å². The molecule has 0 saturated heterocycles. The van der Waals surface area contributed by atoms with Gasteiger partial charge in [0.25, 0.3) is 0 Å². The van der Waals surface area contributed by atoms with E-state index in [0.717, 1.165) is 6.07 Å². The fraction of sp³-hybridized carbons (Fsp3) is 0.318. The topological polar surface area (TPSA) is 65.0 Å². The maximum absolute atomic E-state index is 14.1. The Kier molecular flexibility index (Phi) is 7.75. The first kappa shape index (κ1) is 23.9. The van der Waals surface area contributed by atoms with Gasteiger partial charge in [0.1, 0.15) is 11.5 Å². The Morgan fingerprint density at radius 3 is 2.26 bits per heavy atom. The lowest BCUT2D eigenvalue weighted by Crippen LogP contribution is -2.37. The van der Waals surface area contributed by atoms with Gasteiger partial charge in [-0.05, 0) is 56.7 Å². The number of hydrogen-bond acceptors (Lipinski definition) is 4. The minimum atomic E-state index is -4.74. The van der Waals surface area contributed by atoms with E-state index in [1.165, 1.54) is 50.2 Å². The van der Waals surface area contributed by atoms with Crippen molar-refractivity contribution in [3.8, 4) is 29.1 Å². The molecule has 2 aromatic rings. The summed E-state index contributed by atoms with van der Waals surface area (Å²) < 4.78 is 64.8. The van der Waals surface area contributed by atoms with Gasteiger partial charge < -0.3 is 19.3 Å². The van der Waals surface area contributed by atoms with E-state index in [2.05, 4.69) is 16.6 Å². The van der Waals surface area contributed by atoms with Crippen molar-refractivity contribution in [2.24, 2.45) is 0 Å². The summed E-state index contributed by atoms with van der Waals surface area (Å²) >= 11 is 0. The van der Waals surface area contributed by atoms with E-state index in [4.69, 9.17) is 14.6 Å². The van der Waals surface area contributed by atoms with Crippen LogP contribution in [0.4, 0.5) is 17.6 Å². The van der Waals surface area contributed by atoms with Gasteiger partial charge in [0.2, 0.25) is 0 Å². The molecule has 0 aromatic heterocycles. The van der Waals surface area contributed by atoms with Gasteiger partial charge in [-0.15, -0.1) is 13.2 Å². The Labute approximate surface area is 176 Å². The van der Waals surface area contributed by atoms with E-state index in [-0.39, 0.29) is 23.9 Å². The Morgan fingerprint density at radius 1 is 1.03 bits per heavy atom. The summed E-state index contributed by atoms with van der Waals surface area (Å²) in [6.07, 6.45) is -3.82. The number of halogens is 4. The molecule has 0 spiro atoms. The molecule has 0 heterocycles. The summed E-state index contributed by atoms with van der Waals surface area (Å²) in [6.45, 7) is 2.89. The van der Waals surface area contributed by atoms with Crippen molar-refractivity contribution < 1.29 is 41.7 Å². The maximum Gasteiger partial charge on any atom is 0.573 e. The van der Waals surface area contributed by atoms with E-state index >= 15 is 0 Å². The number of aliphatic carboxylic acids is 1. The normalized spacial score (nSPS) is 11.3. The zero-order valence-corrected chi connectivity index (χ0v) is 16.8. The van der Waals surface area contributed by atoms with Crippen LogP contribution in [-0.4, -0.2) is 29.6 Å². The van der Waals surface area contributed by atoms with Crippen molar-refractivity contribution in [1.82, 2.24) is 0 Å². The standard InChI is InChI=1S/C22H20F4O5/c1-21(2,20(27)28)30-17-11-12-19(18(23)14-17)29-13-5-3-4-6-15-7-9-16(10-8-15)31-22(24,25)26/h7-12,14H,3,5,13H2,1-2H3,(H,27,28). The first-order valence-corrected chi connectivity index (χ1v) is 9.16. The second kappa shape index (κ2) is 10.1. The van der Waals surface area contributed by atoms with Gasteiger partial charge in [-0.3, -0.25) is 0 Å². The summed E-state index contributed by atoms with van der Waals surface area (Å²) in [5.74, 6) is 3.52. The van der Waals surface area contributed by atoms with Crippen LogP contribution in [0.2, 0.25) is 0 Å². The fourth-order valence-corrected chi connectivity index (χ4v) is 2.25. The van der Waals surface area contributed by atoms with Crippen molar-refractivity contribution in [1.29, 1.82) is 0 Å². The Bertz CT molecular complexity index is 957. The summed E-state index contributed by atoms with van der Waals surface area (Å²) in [4.78, 5) is 11.1. The van der Waals surface area contributed by atoms with Gasteiger partial charge in [0.15, 0.2) is 17.2 Å². The zero-order valence-electron chi connectivity index (χ0n) is 16.8. The van der Waals surface area contributed by atoms with Gasteiger partial charge in [-0.2, -0.15) is 0 Å². The van der Waals surface area contributed by atoms with E-state index in [1.807, 2.05) is 0 Å². The summed E-state index contributed by atoms with van der Waals surface area (Å²) in [5, 5.41) is 9.04. The molecule has 0 unspecified atom stereocenters. The second-order valence-corrected chi connectivity index (χ2v) is 6.84. The quantitative estimate of drug-likeness (QED) is 0.348. The molecule has 5 nitrogen and oxygen atoms in total. The lowest BCUT2D eigenvalue weighted by molar-refractivity contribution is -0.274.